The molecule has 1 saturated heterocycles. The van der Waals surface area contributed by atoms with Crippen LogP contribution in [-0.4, -0.2) is 49.9 Å². The minimum absolute atomic E-state index is 0.0849. The maximum atomic E-state index is 13.8. The third-order valence-corrected chi connectivity index (χ3v) is 4.44. The van der Waals surface area contributed by atoms with E-state index in [1.54, 1.807) is 0 Å². The maximum Gasteiger partial charge on any atom is 0.317 e. The number of hydrogen-bond acceptors (Lipinski definition) is 3. The van der Waals surface area contributed by atoms with Crippen molar-refractivity contribution >= 4 is 6.03 Å². The Labute approximate surface area is 139 Å². The number of carbonyl (C=O) groups is 1. The highest BCUT2D eigenvalue weighted by atomic mass is 19.1. The number of nitrogens with one attached hydrogen (secondary N) is 1. The van der Waals surface area contributed by atoms with Crippen LogP contribution in [0.15, 0.2) is 12.1 Å². The van der Waals surface area contributed by atoms with E-state index in [9.17, 15) is 13.6 Å². The highest BCUT2D eigenvalue weighted by Crippen LogP contribution is 2.24. The molecule has 7 heteroatoms. The van der Waals surface area contributed by atoms with Crippen LogP contribution in [0.5, 0.6) is 0 Å². The van der Waals surface area contributed by atoms with Gasteiger partial charge < -0.3 is 19.7 Å². The Morgan fingerprint density at radius 2 is 2.12 bits per heavy atom. The minimum Gasteiger partial charge on any atom is -0.377 e. The molecule has 0 spiro atoms. The van der Waals surface area contributed by atoms with Gasteiger partial charge in [-0.1, -0.05) is 0 Å². The smallest absolute Gasteiger partial charge is 0.317 e. The van der Waals surface area contributed by atoms with E-state index >= 15 is 0 Å². The van der Waals surface area contributed by atoms with Gasteiger partial charge in [0.15, 0.2) is 0 Å². The fourth-order valence-corrected chi connectivity index (χ4v) is 3.10. The van der Waals surface area contributed by atoms with E-state index in [0.29, 0.717) is 38.3 Å². The second-order valence-corrected chi connectivity index (χ2v) is 6.10. The number of rotatable bonds is 5. The van der Waals surface area contributed by atoms with Crippen molar-refractivity contribution in [2.45, 2.75) is 31.9 Å². The monoisotopic (exact) mass is 340 g/mol. The number of urea groups is 1. The van der Waals surface area contributed by atoms with Gasteiger partial charge in [-0.3, -0.25) is 0 Å². The third-order valence-electron chi connectivity index (χ3n) is 4.44. The van der Waals surface area contributed by atoms with Crippen LogP contribution in [-0.2, 0) is 22.4 Å². The summed E-state index contributed by atoms with van der Waals surface area (Å²) >= 11 is 0. The van der Waals surface area contributed by atoms with Crippen LogP contribution >= 0.6 is 0 Å². The van der Waals surface area contributed by atoms with Crippen molar-refractivity contribution in [2.75, 3.05) is 32.9 Å². The first kappa shape index (κ1) is 17.1. The fraction of sp³-hybridized carbons (Fsp3) is 0.588. The molecule has 2 aliphatic rings. The Balaban J connectivity index is 1.42. The first-order valence-electron chi connectivity index (χ1n) is 8.33. The lowest BCUT2D eigenvalue weighted by atomic mass is 9.99. The summed E-state index contributed by atoms with van der Waals surface area (Å²) in [6, 6.07) is 1.95. The first-order chi connectivity index (χ1) is 11.6. The summed E-state index contributed by atoms with van der Waals surface area (Å²) in [6.07, 6.45) is 2.57. The van der Waals surface area contributed by atoms with Gasteiger partial charge in [0.25, 0.3) is 0 Å². The van der Waals surface area contributed by atoms with Crippen LogP contribution in [0.1, 0.15) is 24.0 Å². The lowest BCUT2D eigenvalue weighted by Gasteiger charge is -2.29. The molecule has 2 amide bonds. The fourth-order valence-electron chi connectivity index (χ4n) is 3.10. The third kappa shape index (κ3) is 4.02. The second-order valence-electron chi connectivity index (χ2n) is 6.10. The molecular formula is C17H22F2N2O3. The van der Waals surface area contributed by atoms with Gasteiger partial charge in [0.1, 0.15) is 11.6 Å². The van der Waals surface area contributed by atoms with Gasteiger partial charge in [-0.15, -0.1) is 0 Å². The summed E-state index contributed by atoms with van der Waals surface area (Å²) in [5, 5.41) is 2.75. The molecule has 1 N–H and O–H groups in total. The largest absolute Gasteiger partial charge is 0.377 e. The number of amides is 2. The quantitative estimate of drug-likeness (QED) is 0.837. The maximum absolute atomic E-state index is 13.8. The molecule has 1 aromatic carbocycles. The summed E-state index contributed by atoms with van der Waals surface area (Å²) in [5.41, 5.74) is 0.643. The Bertz CT molecular complexity index is 591. The number of fused-ring (bicyclic) bond motifs is 1. The molecule has 0 saturated carbocycles. The van der Waals surface area contributed by atoms with Gasteiger partial charge in [0.2, 0.25) is 0 Å². The number of ether oxygens (including phenoxy) is 2. The van der Waals surface area contributed by atoms with Crippen molar-refractivity contribution in [1.29, 1.82) is 0 Å². The van der Waals surface area contributed by atoms with Crippen LogP contribution in [0.25, 0.3) is 0 Å². The molecule has 3 rings (SSSR count). The van der Waals surface area contributed by atoms with Gasteiger partial charge in [-0.2, -0.15) is 0 Å². The lowest BCUT2D eigenvalue weighted by Crippen LogP contribution is -2.44. The van der Waals surface area contributed by atoms with E-state index in [4.69, 9.17) is 9.47 Å². The Morgan fingerprint density at radius 1 is 1.33 bits per heavy atom. The molecule has 24 heavy (non-hydrogen) atoms. The lowest BCUT2D eigenvalue weighted by molar-refractivity contribution is 0.0186. The Morgan fingerprint density at radius 3 is 2.88 bits per heavy atom. The predicted octanol–water partition coefficient (Wildman–Crippen LogP) is 2.23. The standard InChI is InChI=1S/C17H22F2N2O3/c18-15-3-4-16(19)14-10-21(7-5-13(14)15)17(22)20-6-9-23-11-12-2-1-8-24-12/h3-4,12H,1-2,5-11H2,(H,20,22)/t12-/m0/s1. The summed E-state index contributed by atoms with van der Waals surface area (Å²) in [6.45, 7) is 2.56. The molecule has 0 aromatic heterocycles. The number of carbonyl (C=O) groups excluding carboxylic acids is 1. The van der Waals surface area contributed by atoms with Crippen molar-refractivity contribution in [2.24, 2.45) is 0 Å². The van der Waals surface area contributed by atoms with Gasteiger partial charge in [0.05, 0.1) is 25.9 Å². The molecule has 2 heterocycles. The van der Waals surface area contributed by atoms with Crippen LogP contribution in [0, 0.1) is 11.6 Å². The van der Waals surface area contributed by atoms with E-state index in [0.717, 1.165) is 31.6 Å². The Kier molecular flexibility index (Phi) is 5.63. The van der Waals surface area contributed by atoms with Gasteiger partial charge in [0, 0.05) is 25.3 Å². The van der Waals surface area contributed by atoms with Gasteiger partial charge >= 0.3 is 6.03 Å². The molecule has 1 aromatic rings. The average molecular weight is 340 g/mol. The highest BCUT2D eigenvalue weighted by molar-refractivity contribution is 5.74. The zero-order chi connectivity index (χ0) is 16.9. The number of halogens is 2. The van der Waals surface area contributed by atoms with Crippen molar-refractivity contribution in [3.05, 3.63) is 34.9 Å². The van der Waals surface area contributed by atoms with E-state index in [1.807, 2.05) is 0 Å². The molecule has 132 valence electrons. The van der Waals surface area contributed by atoms with Crippen LogP contribution < -0.4 is 5.32 Å². The van der Waals surface area contributed by atoms with Crippen molar-refractivity contribution < 1.29 is 23.0 Å². The number of nitrogens with zero attached hydrogens (tertiary/aromatic N) is 1. The van der Waals surface area contributed by atoms with Crippen LogP contribution in [0.4, 0.5) is 13.6 Å². The number of benzene rings is 1. The molecular weight excluding hydrogens is 318 g/mol. The van der Waals surface area contributed by atoms with Crippen molar-refractivity contribution in [3.63, 3.8) is 0 Å². The predicted molar refractivity (Wildman–Crippen MR) is 83.7 cm³/mol. The van der Waals surface area contributed by atoms with E-state index in [-0.39, 0.29) is 24.2 Å². The molecule has 2 aliphatic heterocycles. The van der Waals surface area contributed by atoms with E-state index < -0.39 is 11.6 Å². The highest BCUT2D eigenvalue weighted by Gasteiger charge is 2.25. The molecule has 1 fully saturated rings. The molecule has 0 bridgehead atoms. The van der Waals surface area contributed by atoms with Crippen LogP contribution in [0.3, 0.4) is 0 Å². The molecule has 5 nitrogen and oxygen atoms in total. The van der Waals surface area contributed by atoms with E-state index in [2.05, 4.69) is 5.32 Å². The summed E-state index contributed by atoms with van der Waals surface area (Å²) in [4.78, 5) is 13.6. The molecule has 1 atom stereocenters. The molecule has 0 radical (unpaired) electrons. The zero-order valence-corrected chi connectivity index (χ0v) is 13.5. The molecule has 0 unspecified atom stereocenters. The topological polar surface area (TPSA) is 50.8 Å². The summed E-state index contributed by atoms with van der Waals surface area (Å²) in [5.74, 6) is -0.877. The zero-order valence-electron chi connectivity index (χ0n) is 13.5. The molecule has 0 aliphatic carbocycles. The Hall–Kier alpha value is -1.73. The van der Waals surface area contributed by atoms with Gasteiger partial charge in [-0.25, -0.2) is 13.6 Å². The summed E-state index contributed by atoms with van der Waals surface area (Å²) < 4.78 is 38.4. The van der Waals surface area contributed by atoms with Crippen molar-refractivity contribution in [3.8, 4) is 0 Å². The van der Waals surface area contributed by atoms with Crippen LogP contribution in [0.2, 0.25) is 0 Å². The number of hydrogen-bond donors (Lipinski definition) is 1. The van der Waals surface area contributed by atoms with E-state index in [1.165, 1.54) is 4.90 Å². The average Bonchev–Trinajstić information content (AvgIpc) is 3.11. The minimum atomic E-state index is -0.469. The van der Waals surface area contributed by atoms with Gasteiger partial charge in [-0.05, 0) is 37.0 Å². The SMILES string of the molecule is O=C(NCCOC[C@@H]1CCCO1)N1CCc2c(F)ccc(F)c2C1. The normalized spacial score (nSPS) is 20.1. The first-order valence-corrected chi connectivity index (χ1v) is 8.33. The summed E-state index contributed by atoms with van der Waals surface area (Å²) in [7, 11) is 0. The second kappa shape index (κ2) is 7.90. The van der Waals surface area contributed by atoms with Crippen molar-refractivity contribution in [1.82, 2.24) is 10.2 Å².